The molecule has 0 aliphatic rings. The van der Waals surface area contributed by atoms with Gasteiger partial charge in [-0.15, -0.1) is 0 Å². The number of ether oxygens (including phenoxy) is 2. The van der Waals surface area contributed by atoms with E-state index in [4.69, 9.17) is 9.47 Å². The fourth-order valence-corrected chi connectivity index (χ4v) is 2.56. The van der Waals surface area contributed by atoms with Crippen molar-refractivity contribution in [2.75, 3.05) is 18.5 Å². The minimum atomic E-state index is -0.256. The SMILES string of the molecule is C=C(C)COc1ccccc1NC(=O)COc1ccc(C)cc1Br. The Morgan fingerprint density at radius 2 is 1.83 bits per heavy atom. The summed E-state index contributed by atoms with van der Waals surface area (Å²) in [6.07, 6.45) is 0. The fraction of sp³-hybridized carbons (Fsp3) is 0.211. The van der Waals surface area contributed by atoms with Crippen molar-refractivity contribution in [3.63, 3.8) is 0 Å². The summed E-state index contributed by atoms with van der Waals surface area (Å²) in [5.74, 6) is 0.974. The van der Waals surface area contributed by atoms with Crippen LogP contribution < -0.4 is 14.8 Å². The second-order valence-electron chi connectivity index (χ2n) is 5.51. The molecule has 0 heterocycles. The summed E-state index contributed by atoms with van der Waals surface area (Å²) < 4.78 is 12.0. The number of hydrogen-bond acceptors (Lipinski definition) is 3. The Hall–Kier alpha value is -2.27. The van der Waals surface area contributed by atoms with Gasteiger partial charge in [0.05, 0.1) is 10.2 Å². The van der Waals surface area contributed by atoms with Crippen molar-refractivity contribution in [3.8, 4) is 11.5 Å². The van der Waals surface area contributed by atoms with Crippen LogP contribution in [0.25, 0.3) is 0 Å². The van der Waals surface area contributed by atoms with Crippen LogP contribution in [0, 0.1) is 6.92 Å². The Kier molecular flexibility index (Phi) is 6.44. The van der Waals surface area contributed by atoms with Gasteiger partial charge in [-0.2, -0.15) is 0 Å². The van der Waals surface area contributed by atoms with Crippen molar-refractivity contribution in [2.45, 2.75) is 13.8 Å². The van der Waals surface area contributed by atoms with E-state index >= 15 is 0 Å². The number of benzene rings is 2. The van der Waals surface area contributed by atoms with Gasteiger partial charge in [-0.25, -0.2) is 0 Å². The first kappa shape index (κ1) is 18.1. The molecule has 2 rings (SSSR count). The summed E-state index contributed by atoms with van der Waals surface area (Å²) in [5, 5.41) is 2.80. The van der Waals surface area contributed by atoms with Crippen molar-refractivity contribution in [1.29, 1.82) is 0 Å². The van der Waals surface area contributed by atoms with Crippen molar-refractivity contribution in [1.82, 2.24) is 0 Å². The molecular formula is C19H20BrNO3. The minimum absolute atomic E-state index is 0.0868. The summed E-state index contributed by atoms with van der Waals surface area (Å²) in [4.78, 5) is 12.1. The van der Waals surface area contributed by atoms with E-state index in [1.54, 1.807) is 12.1 Å². The van der Waals surface area contributed by atoms with Crippen molar-refractivity contribution >= 4 is 27.5 Å². The molecule has 5 heteroatoms. The second-order valence-corrected chi connectivity index (χ2v) is 6.37. The standard InChI is InChI=1S/C19H20BrNO3/c1-13(2)11-23-18-7-5-4-6-16(18)21-19(22)12-24-17-9-8-14(3)10-15(17)20/h4-10H,1,11-12H2,2-3H3,(H,21,22). The number of aryl methyl sites for hydroxylation is 1. The molecule has 0 bridgehead atoms. The van der Waals surface area contributed by atoms with Gasteiger partial charge in [0.2, 0.25) is 0 Å². The zero-order valence-electron chi connectivity index (χ0n) is 13.8. The van der Waals surface area contributed by atoms with Crippen LogP contribution in [0.15, 0.2) is 59.1 Å². The van der Waals surface area contributed by atoms with Crippen LogP contribution in [-0.2, 0) is 4.79 Å². The molecule has 0 aliphatic heterocycles. The Labute approximate surface area is 150 Å². The Bertz CT molecular complexity index is 743. The summed E-state index contributed by atoms with van der Waals surface area (Å²) in [5.41, 5.74) is 2.63. The molecule has 0 atom stereocenters. The molecule has 0 saturated carbocycles. The van der Waals surface area contributed by atoms with Gasteiger partial charge < -0.3 is 14.8 Å². The summed E-state index contributed by atoms with van der Waals surface area (Å²) >= 11 is 3.42. The van der Waals surface area contributed by atoms with E-state index in [2.05, 4.69) is 27.8 Å². The van der Waals surface area contributed by atoms with Gasteiger partial charge in [0.1, 0.15) is 18.1 Å². The zero-order chi connectivity index (χ0) is 17.5. The molecule has 0 unspecified atom stereocenters. The molecule has 2 aromatic carbocycles. The summed E-state index contributed by atoms with van der Waals surface area (Å²) in [6, 6.07) is 13.0. The molecule has 0 aromatic heterocycles. The lowest BCUT2D eigenvalue weighted by molar-refractivity contribution is -0.118. The highest BCUT2D eigenvalue weighted by Crippen LogP contribution is 2.26. The fourth-order valence-electron chi connectivity index (χ4n) is 1.95. The predicted octanol–water partition coefficient (Wildman–Crippen LogP) is 4.73. The molecule has 4 nitrogen and oxygen atoms in total. The molecule has 0 saturated heterocycles. The molecule has 2 aromatic rings. The van der Waals surface area contributed by atoms with E-state index in [1.807, 2.05) is 44.2 Å². The van der Waals surface area contributed by atoms with E-state index in [1.165, 1.54) is 0 Å². The lowest BCUT2D eigenvalue weighted by Crippen LogP contribution is -2.20. The quantitative estimate of drug-likeness (QED) is 0.696. The van der Waals surface area contributed by atoms with Crippen LogP contribution in [0.5, 0.6) is 11.5 Å². The third-order valence-corrected chi connectivity index (χ3v) is 3.70. The first-order valence-electron chi connectivity index (χ1n) is 7.50. The smallest absolute Gasteiger partial charge is 0.262 e. The third-order valence-electron chi connectivity index (χ3n) is 3.08. The lowest BCUT2D eigenvalue weighted by atomic mass is 10.2. The normalized spacial score (nSPS) is 10.1. The number of rotatable bonds is 7. The summed E-state index contributed by atoms with van der Waals surface area (Å²) in [7, 11) is 0. The summed E-state index contributed by atoms with van der Waals surface area (Å²) in [6.45, 7) is 7.99. The largest absolute Gasteiger partial charge is 0.487 e. The number of anilines is 1. The van der Waals surface area contributed by atoms with E-state index in [0.717, 1.165) is 15.6 Å². The van der Waals surface area contributed by atoms with Gasteiger partial charge in [-0.1, -0.05) is 24.8 Å². The Morgan fingerprint density at radius 1 is 1.12 bits per heavy atom. The molecule has 1 amide bonds. The average Bonchev–Trinajstić information content (AvgIpc) is 2.53. The van der Waals surface area contributed by atoms with Crippen molar-refractivity contribution in [3.05, 3.63) is 64.7 Å². The number of amides is 1. The number of halogens is 1. The molecular weight excluding hydrogens is 370 g/mol. The van der Waals surface area contributed by atoms with Crippen LogP contribution in [0.1, 0.15) is 12.5 Å². The van der Waals surface area contributed by atoms with Gasteiger partial charge in [0, 0.05) is 0 Å². The van der Waals surface area contributed by atoms with Crippen LogP contribution in [-0.4, -0.2) is 19.1 Å². The van der Waals surface area contributed by atoms with Crippen molar-refractivity contribution in [2.24, 2.45) is 0 Å². The van der Waals surface area contributed by atoms with Crippen LogP contribution >= 0.6 is 15.9 Å². The van der Waals surface area contributed by atoms with Gasteiger partial charge in [0.15, 0.2) is 6.61 Å². The third kappa shape index (κ3) is 5.42. The number of carbonyl (C=O) groups excluding carboxylic acids is 1. The number of carbonyl (C=O) groups is 1. The number of hydrogen-bond donors (Lipinski definition) is 1. The maximum Gasteiger partial charge on any atom is 0.262 e. The van der Waals surface area contributed by atoms with E-state index in [9.17, 15) is 4.79 Å². The first-order valence-corrected chi connectivity index (χ1v) is 8.30. The number of para-hydroxylation sites is 2. The molecule has 0 aliphatic carbocycles. The molecule has 0 radical (unpaired) electrons. The van der Waals surface area contributed by atoms with Crippen LogP contribution in [0.3, 0.4) is 0 Å². The highest BCUT2D eigenvalue weighted by atomic mass is 79.9. The highest BCUT2D eigenvalue weighted by molar-refractivity contribution is 9.10. The van der Waals surface area contributed by atoms with Gasteiger partial charge in [0.25, 0.3) is 5.91 Å². The first-order chi connectivity index (χ1) is 11.5. The van der Waals surface area contributed by atoms with Crippen LogP contribution in [0.2, 0.25) is 0 Å². The zero-order valence-corrected chi connectivity index (χ0v) is 15.4. The van der Waals surface area contributed by atoms with Gasteiger partial charge >= 0.3 is 0 Å². The maximum atomic E-state index is 12.1. The molecule has 0 fully saturated rings. The van der Waals surface area contributed by atoms with E-state index in [-0.39, 0.29) is 12.5 Å². The Morgan fingerprint density at radius 3 is 2.54 bits per heavy atom. The van der Waals surface area contributed by atoms with E-state index in [0.29, 0.717) is 23.8 Å². The van der Waals surface area contributed by atoms with Gasteiger partial charge in [-0.05, 0) is 65.2 Å². The van der Waals surface area contributed by atoms with E-state index < -0.39 is 0 Å². The highest BCUT2D eigenvalue weighted by Gasteiger charge is 2.09. The average molecular weight is 390 g/mol. The molecule has 126 valence electrons. The molecule has 1 N–H and O–H groups in total. The molecule has 24 heavy (non-hydrogen) atoms. The van der Waals surface area contributed by atoms with Crippen molar-refractivity contribution < 1.29 is 14.3 Å². The monoisotopic (exact) mass is 389 g/mol. The topological polar surface area (TPSA) is 47.6 Å². The van der Waals surface area contributed by atoms with Crippen LogP contribution in [0.4, 0.5) is 5.69 Å². The predicted molar refractivity (Wildman–Crippen MR) is 99.8 cm³/mol. The number of nitrogens with one attached hydrogen (secondary N) is 1. The second kappa shape index (κ2) is 8.55. The maximum absolute atomic E-state index is 12.1. The van der Waals surface area contributed by atoms with Gasteiger partial charge in [-0.3, -0.25) is 4.79 Å². The Balaban J connectivity index is 1.96. The molecule has 0 spiro atoms. The lowest BCUT2D eigenvalue weighted by Gasteiger charge is -2.13. The minimum Gasteiger partial charge on any atom is -0.487 e.